The Morgan fingerprint density at radius 2 is 1.49 bits per heavy atom. The Kier molecular flexibility index (Phi) is 11.7. The maximum atomic E-state index is 11.9. The van der Waals surface area contributed by atoms with Gasteiger partial charge in [-0.1, -0.05) is 48.5 Å². The normalized spacial score (nSPS) is 16.4. The van der Waals surface area contributed by atoms with Crippen LogP contribution in [0.3, 0.4) is 0 Å². The fourth-order valence-corrected chi connectivity index (χ4v) is 5.09. The number of likely N-dealkylation sites (N-methyl/N-ethyl adjacent to an activating group) is 1. The molecule has 0 fully saturated rings. The predicted octanol–water partition coefficient (Wildman–Crippen LogP) is 6.61. The van der Waals surface area contributed by atoms with Crippen LogP contribution in [0.1, 0.15) is 54.7 Å². The number of amides is 1. The van der Waals surface area contributed by atoms with Crippen molar-refractivity contribution in [1.29, 1.82) is 10.8 Å². The largest absolute Gasteiger partial charge is 0.493 e. The van der Waals surface area contributed by atoms with Crippen molar-refractivity contribution in [3.63, 3.8) is 0 Å². The van der Waals surface area contributed by atoms with E-state index in [9.17, 15) is 4.79 Å². The van der Waals surface area contributed by atoms with Crippen LogP contribution < -0.4 is 4.90 Å². The number of benzene rings is 3. The van der Waals surface area contributed by atoms with E-state index in [1.807, 2.05) is 19.9 Å². The van der Waals surface area contributed by atoms with Gasteiger partial charge in [0.2, 0.25) is 5.90 Å². The molecule has 1 heterocycles. The van der Waals surface area contributed by atoms with Crippen LogP contribution in [0.5, 0.6) is 0 Å². The van der Waals surface area contributed by atoms with Crippen LogP contribution in [0, 0.1) is 10.8 Å². The molecule has 207 valence electrons. The number of aliphatic hydroxyl groups is 1. The minimum absolute atomic E-state index is 0. The molecular formula is C32H38CoN4O2. The monoisotopic (exact) mass is 569 g/mol. The summed E-state index contributed by atoms with van der Waals surface area (Å²) in [5, 5.41) is 23.5. The van der Waals surface area contributed by atoms with E-state index in [0.29, 0.717) is 24.2 Å². The van der Waals surface area contributed by atoms with Crippen LogP contribution in [0.2, 0.25) is 0 Å². The molecule has 0 bridgehead atoms. The number of carbonyl (C=O) groups is 1. The van der Waals surface area contributed by atoms with Gasteiger partial charge < -0.3 is 20.3 Å². The zero-order valence-corrected chi connectivity index (χ0v) is 24.1. The molecule has 3 aromatic rings. The predicted molar refractivity (Wildman–Crippen MR) is 157 cm³/mol. The van der Waals surface area contributed by atoms with Crippen LogP contribution in [-0.2, 0) is 28.6 Å². The first-order valence-electron chi connectivity index (χ1n) is 13.1. The molecule has 1 aliphatic heterocycles. The summed E-state index contributed by atoms with van der Waals surface area (Å²) >= 11 is 0. The summed E-state index contributed by atoms with van der Waals surface area (Å²) in [6.45, 7) is 10.6. The van der Waals surface area contributed by atoms with Gasteiger partial charge in [-0.2, -0.15) is 0 Å². The molecule has 3 aromatic carbocycles. The fourth-order valence-electron chi connectivity index (χ4n) is 5.09. The van der Waals surface area contributed by atoms with Crippen molar-refractivity contribution in [2.75, 3.05) is 24.5 Å². The van der Waals surface area contributed by atoms with Gasteiger partial charge in [-0.25, -0.2) is 0 Å². The molecule has 7 heteroatoms. The van der Waals surface area contributed by atoms with E-state index < -0.39 is 5.90 Å². The first-order valence-corrected chi connectivity index (χ1v) is 13.1. The van der Waals surface area contributed by atoms with Crippen molar-refractivity contribution in [1.82, 2.24) is 4.90 Å². The van der Waals surface area contributed by atoms with Gasteiger partial charge in [0, 0.05) is 70.6 Å². The Labute approximate surface area is 242 Å². The van der Waals surface area contributed by atoms with Gasteiger partial charge in [0.25, 0.3) is 5.91 Å². The molecule has 4 rings (SSSR count). The summed E-state index contributed by atoms with van der Waals surface area (Å²) in [7, 11) is 0. The number of hydrogen-bond acceptors (Lipinski definition) is 4. The summed E-state index contributed by atoms with van der Waals surface area (Å²) < 4.78 is 0. The Morgan fingerprint density at radius 1 is 0.923 bits per heavy atom. The van der Waals surface area contributed by atoms with Crippen molar-refractivity contribution in [2.24, 2.45) is 0 Å². The minimum atomic E-state index is -0.484. The number of para-hydroxylation sites is 1. The van der Waals surface area contributed by atoms with E-state index in [1.54, 1.807) is 29.2 Å². The zero-order chi connectivity index (χ0) is 27.7. The van der Waals surface area contributed by atoms with Crippen LogP contribution in [0.4, 0.5) is 5.69 Å². The quantitative estimate of drug-likeness (QED) is 0.211. The fraction of sp³-hybridized carbons (Fsp3) is 0.281. The number of anilines is 1. The van der Waals surface area contributed by atoms with Crippen molar-refractivity contribution >= 4 is 23.7 Å². The van der Waals surface area contributed by atoms with Gasteiger partial charge in [0.1, 0.15) is 0 Å². The van der Waals surface area contributed by atoms with Crippen molar-refractivity contribution < 1.29 is 26.7 Å². The molecule has 1 aliphatic rings. The number of carbonyl (C=O) groups excluding carboxylic acids is 1. The van der Waals surface area contributed by atoms with Gasteiger partial charge in [0.05, 0.1) is 0 Å². The Bertz CT molecular complexity index is 1290. The molecule has 0 spiro atoms. The average Bonchev–Trinajstić information content (AvgIpc) is 3.17. The van der Waals surface area contributed by atoms with Crippen LogP contribution >= 0.6 is 0 Å². The van der Waals surface area contributed by atoms with E-state index in [-0.39, 0.29) is 28.1 Å². The molecule has 6 nitrogen and oxygen atoms in total. The maximum Gasteiger partial charge on any atom is 0.253 e. The molecule has 1 unspecified atom stereocenters. The average molecular weight is 570 g/mol. The van der Waals surface area contributed by atoms with E-state index in [1.165, 1.54) is 28.7 Å². The van der Waals surface area contributed by atoms with Crippen LogP contribution in [0.25, 0.3) is 0 Å². The summed E-state index contributed by atoms with van der Waals surface area (Å²) in [6.07, 6.45) is 4.31. The zero-order valence-electron chi connectivity index (χ0n) is 23.1. The summed E-state index contributed by atoms with van der Waals surface area (Å²) in [4.78, 5) is 16.0. The third-order valence-corrected chi connectivity index (χ3v) is 7.06. The molecule has 1 radical (unpaired) electrons. The number of nitrogens with zero attached hydrogens (tertiary/aromatic N) is 2. The summed E-state index contributed by atoms with van der Waals surface area (Å²) in [5.74, 6) is -0.511. The van der Waals surface area contributed by atoms with Gasteiger partial charge in [-0.05, 0) is 81.7 Å². The van der Waals surface area contributed by atoms with Crippen molar-refractivity contribution in [2.45, 2.75) is 39.5 Å². The standard InChI is InChI=1S/C20H22N2.C12H16N2O2.Co/c1-3-22-18-12-8-7-11-17(18)20(2,19(22)13-14-21)15-16-9-5-4-6-10-16;1-3-14(4-2)12(16)10-7-5-9(6-8-10)11(13)15;/h4-14,21H,3,15H2,1-2H3;5-8H,3-4H2,1-2H3,(H2,13,15);/b19-13-,21-14?;;. The minimum Gasteiger partial charge on any atom is -0.493 e. The number of nitrogens with one attached hydrogen (secondary N) is 2. The van der Waals surface area contributed by atoms with Crippen LogP contribution in [-0.4, -0.2) is 47.7 Å². The van der Waals surface area contributed by atoms with E-state index >= 15 is 0 Å². The van der Waals surface area contributed by atoms with Gasteiger partial charge in [-0.15, -0.1) is 0 Å². The second-order valence-electron chi connectivity index (χ2n) is 9.38. The first kappa shape index (κ1) is 31.5. The second kappa shape index (κ2) is 14.5. The van der Waals surface area contributed by atoms with Gasteiger partial charge in [-0.3, -0.25) is 10.2 Å². The van der Waals surface area contributed by atoms with E-state index in [2.05, 4.69) is 73.3 Å². The first-order chi connectivity index (χ1) is 18.3. The number of hydrogen-bond donors (Lipinski definition) is 3. The number of rotatable bonds is 8. The molecule has 1 amide bonds. The molecule has 0 aromatic heterocycles. The SMILES string of the molecule is CCN(CC)C(=O)c1ccc(C(=N)O)cc1.CCN1/C(=C\C=N)C(C)(Cc2ccccc2)c2ccccc21.[Co]. The molecule has 0 saturated carbocycles. The number of aliphatic hydroxyl groups excluding tert-OH is 1. The molecule has 0 saturated heterocycles. The Morgan fingerprint density at radius 3 is 2.03 bits per heavy atom. The maximum absolute atomic E-state index is 11.9. The number of allylic oxidation sites excluding steroid dienone is 2. The molecule has 3 N–H and O–H groups in total. The number of fused-ring (bicyclic) bond motifs is 1. The van der Waals surface area contributed by atoms with E-state index in [0.717, 1.165) is 13.0 Å². The Balaban J connectivity index is 0.000000281. The van der Waals surface area contributed by atoms with Gasteiger partial charge in [0.15, 0.2) is 0 Å². The smallest absolute Gasteiger partial charge is 0.253 e. The van der Waals surface area contributed by atoms with Crippen molar-refractivity contribution in [3.8, 4) is 0 Å². The summed E-state index contributed by atoms with van der Waals surface area (Å²) in [5.41, 5.74) is 6.07. The molecular weight excluding hydrogens is 531 g/mol. The topological polar surface area (TPSA) is 91.5 Å². The molecule has 39 heavy (non-hydrogen) atoms. The molecule has 1 atom stereocenters. The van der Waals surface area contributed by atoms with Gasteiger partial charge >= 0.3 is 0 Å². The molecule has 0 aliphatic carbocycles. The van der Waals surface area contributed by atoms with Crippen LogP contribution in [0.15, 0.2) is 90.6 Å². The summed E-state index contributed by atoms with van der Waals surface area (Å²) in [6, 6.07) is 25.6. The third-order valence-electron chi connectivity index (χ3n) is 7.06. The third kappa shape index (κ3) is 7.05. The second-order valence-corrected chi connectivity index (χ2v) is 9.38. The van der Waals surface area contributed by atoms with Crippen molar-refractivity contribution in [3.05, 3.63) is 113 Å². The Hall–Kier alpha value is -3.68. The van der Waals surface area contributed by atoms with E-state index in [4.69, 9.17) is 15.9 Å².